The normalized spacial score (nSPS) is 14.1. The number of imidazole rings is 1. The Bertz CT molecular complexity index is 2690. The Morgan fingerprint density at radius 1 is 0.620 bits per heavy atom. The minimum Gasteiger partial charge on any atom is -0.507 e. The summed E-state index contributed by atoms with van der Waals surface area (Å²) in [4.78, 5) is 10.2. The fourth-order valence-electron chi connectivity index (χ4n) is 7.71. The molecule has 6 aromatic carbocycles. The summed E-state index contributed by atoms with van der Waals surface area (Å²) >= 11 is 0. The van der Waals surface area contributed by atoms with Gasteiger partial charge in [0.05, 0.1) is 22.3 Å². The second-order valence-corrected chi connectivity index (χ2v) is 13.4. The van der Waals surface area contributed by atoms with Crippen molar-refractivity contribution in [3.05, 3.63) is 168 Å². The van der Waals surface area contributed by atoms with E-state index in [9.17, 15) is 5.11 Å². The molecule has 50 heavy (non-hydrogen) atoms. The van der Waals surface area contributed by atoms with Crippen LogP contribution in [0.3, 0.4) is 0 Å². The first kappa shape index (κ1) is 26.7. The topological polar surface area (TPSA) is 50.9 Å². The minimum atomic E-state index is -2.16. The number of pyridine rings is 1. The van der Waals surface area contributed by atoms with Gasteiger partial charge in [-0.1, -0.05) is 110 Å². The van der Waals surface area contributed by atoms with Crippen LogP contribution in [0.5, 0.6) is 5.75 Å². The fourth-order valence-corrected chi connectivity index (χ4v) is 7.71. The van der Waals surface area contributed by atoms with Crippen molar-refractivity contribution < 1.29 is 9.22 Å². The number of aryl methyl sites for hydroxylation is 1. The van der Waals surface area contributed by atoms with Crippen LogP contribution in [0, 0.1) is 6.85 Å². The summed E-state index contributed by atoms with van der Waals surface area (Å²) < 4.78 is 25.5. The van der Waals surface area contributed by atoms with Crippen molar-refractivity contribution in [3.63, 3.8) is 0 Å². The molecule has 0 bridgehead atoms. The molecule has 0 radical (unpaired) electrons. The molecule has 1 N–H and O–H groups in total. The monoisotopic (exact) mass is 648 g/mol. The molecule has 8 aromatic rings. The van der Waals surface area contributed by atoms with Gasteiger partial charge in [-0.05, 0) is 100 Å². The average Bonchev–Trinajstić information content (AvgIpc) is 3.67. The van der Waals surface area contributed by atoms with Crippen LogP contribution >= 0.6 is 0 Å². The van der Waals surface area contributed by atoms with Gasteiger partial charge in [0.15, 0.2) is 0 Å². The number of aromatic nitrogens is 3. The largest absolute Gasteiger partial charge is 0.507 e. The molecule has 0 fully saturated rings. The Balaban J connectivity index is 1.30. The fraction of sp³-hybridized carbons (Fsp3) is 0.0870. The van der Waals surface area contributed by atoms with Gasteiger partial charge in [-0.3, -0.25) is 9.55 Å². The Morgan fingerprint density at radius 2 is 1.32 bits per heavy atom. The molecular formula is C46H35N3O. The van der Waals surface area contributed by atoms with E-state index in [-0.39, 0.29) is 11.2 Å². The lowest BCUT2D eigenvalue weighted by atomic mass is 9.78. The molecule has 1 aliphatic rings. The molecule has 0 saturated heterocycles. The van der Waals surface area contributed by atoms with E-state index >= 15 is 0 Å². The van der Waals surface area contributed by atoms with Crippen molar-refractivity contribution in [1.82, 2.24) is 14.5 Å². The molecule has 2 heterocycles. The summed E-state index contributed by atoms with van der Waals surface area (Å²) in [7, 11) is 0. The third-order valence-electron chi connectivity index (χ3n) is 10.1. The van der Waals surface area contributed by atoms with Crippen LogP contribution in [0.25, 0.3) is 72.7 Å². The molecule has 0 aliphatic heterocycles. The second-order valence-electron chi connectivity index (χ2n) is 13.4. The first-order valence-corrected chi connectivity index (χ1v) is 16.8. The molecule has 4 nitrogen and oxygen atoms in total. The van der Waals surface area contributed by atoms with Gasteiger partial charge >= 0.3 is 0 Å². The van der Waals surface area contributed by atoms with E-state index in [1.807, 2.05) is 60.8 Å². The van der Waals surface area contributed by atoms with Gasteiger partial charge in [0, 0.05) is 32.5 Å². The molecule has 0 saturated carbocycles. The van der Waals surface area contributed by atoms with Crippen molar-refractivity contribution >= 4 is 11.0 Å². The molecule has 0 spiro atoms. The highest BCUT2D eigenvalue weighted by Crippen LogP contribution is 2.54. The van der Waals surface area contributed by atoms with Gasteiger partial charge in [0.25, 0.3) is 0 Å². The summed E-state index contributed by atoms with van der Waals surface area (Å²) in [5.74, 6) is 0.825. The first-order valence-electron chi connectivity index (χ1n) is 18.3. The highest BCUT2D eigenvalue weighted by Gasteiger charge is 2.38. The minimum absolute atomic E-state index is 0.167. The van der Waals surface area contributed by atoms with Crippen molar-refractivity contribution in [3.8, 4) is 67.5 Å². The summed E-state index contributed by atoms with van der Waals surface area (Å²) in [6.07, 6.45) is 1.81. The zero-order chi connectivity index (χ0) is 36.5. The highest BCUT2D eigenvalue weighted by atomic mass is 16.3. The number of benzene rings is 6. The Kier molecular flexibility index (Phi) is 6.09. The Labute approximate surface area is 296 Å². The molecule has 240 valence electrons. The maximum Gasteiger partial charge on any atom is 0.149 e. The van der Waals surface area contributed by atoms with E-state index in [1.165, 1.54) is 16.7 Å². The zero-order valence-electron chi connectivity index (χ0n) is 30.7. The van der Waals surface area contributed by atoms with E-state index in [2.05, 4.69) is 91.2 Å². The van der Waals surface area contributed by atoms with Crippen molar-refractivity contribution in [2.45, 2.75) is 26.1 Å². The molecule has 1 aliphatic carbocycles. The smallest absolute Gasteiger partial charge is 0.149 e. The van der Waals surface area contributed by atoms with Crippen LogP contribution in [0.1, 0.15) is 34.7 Å². The van der Waals surface area contributed by atoms with Crippen LogP contribution in [-0.2, 0) is 5.41 Å². The third kappa shape index (κ3) is 4.67. The lowest BCUT2D eigenvalue weighted by molar-refractivity contribution is 0.477. The summed E-state index contributed by atoms with van der Waals surface area (Å²) in [5.41, 5.74) is 13.9. The molecule has 0 unspecified atom stereocenters. The third-order valence-corrected chi connectivity index (χ3v) is 10.1. The SMILES string of the molecule is [2H]C([2H])([2H])c1ccc(-c2ccnc(-c3cc4c(c(-c5cccc6c5nc(-c5ccccc5O)n6-c5ccccc5)c3)C(C)(C)c3ccccc3-4)c2)cc1. The van der Waals surface area contributed by atoms with Gasteiger partial charge in [-0.15, -0.1) is 0 Å². The molecular weight excluding hydrogens is 611 g/mol. The Morgan fingerprint density at radius 3 is 2.10 bits per heavy atom. The number of rotatable bonds is 5. The van der Waals surface area contributed by atoms with E-state index in [4.69, 9.17) is 14.1 Å². The van der Waals surface area contributed by atoms with E-state index in [0.717, 1.165) is 55.8 Å². The van der Waals surface area contributed by atoms with Crippen LogP contribution in [-0.4, -0.2) is 19.6 Å². The predicted molar refractivity (Wildman–Crippen MR) is 205 cm³/mol. The van der Waals surface area contributed by atoms with Crippen LogP contribution in [0.4, 0.5) is 0 Å². The number of phenols is 1. The predicted octanol–water partition coefficient (Wildman–Crippen LogP) is 11.4. The number of para-hydroxylation sites is 3. The number of hydrogen-bond acceptors (Lipinski definition) is 3. The van der Waals surface area contributed by atoms with Gasteiger partial charge in [0.1, 0.15) is 11.6 Å². The van der Waals surface area contributed by atoms with Crippen LogP contribution in [0.15, 0.2) is 152 Å². The van der Waals surface area contributed by atoms with Gasteiger partial charge in [-0.2, -0.15) is 0 Å². The zero-order valence-corrected chi connectivity index (χ0v) is 27.7. The number of phenolic OH excluding ortho intramolecular Hbond substituents is 1. The number of hydrogen-bond donors (Lipinski definition) is 1. The van der Waals surface area contributed by atoms with Crippen molar-refractivity contribution in [2.24, 2.45) is 0 Å². The second kappa shape index (κ2) is 11.4. The van der Waals surface area contributed by atoms with Gasteiger partial charge < -0.3 is 5.11 Å². The first-order chi connectivity index (χ1) is 25.6. The quantitative estimate of drug-likeness (QED) is 0.202. The maximum absolute atomic E-state index is 11.1. The molecule has 4 heteroatoms. The van der Waals surface area contributed by atoms with Crippen LogP contribution < -0.4 is 0 Å². The Hall–Kier alpha value is -6.26. The molecule has 0 amide bonds. The lowest BCUT2D eigenvalue weighted by Crippen LogP contribution is -2.16. The molecule has 9 rings (SSSR count). The summed E-state index contributed by atoms with van der Waals surface area (Å²) in [6.45, 7) is 2.42. The summed E-state index contributed by atoms with van der Waals surface area (Å²) in [5, 5.41) is 11.1. The van der Waals surface area contributed by atoms with E-state index in [0.29, 0.717) is 17.0 Å². The van der Waals surface area contributed by atoms with Gasteiger partial charge in [-0.25, -0.2) is 4.98 Å². The molecule has 0 atom stereocenters. The van der Waals surface area contributed by atoms with E-state index in [1.54, 1.807) is 18.2 Å². The maximum atomic E-state index is 11.1. The number of nitrogens with zero attached hydrogens (tertiary/aromatic N) is 3. The highest BCUT2D eigenvalue weighted by molar-refractivity contribution is 6.01. The molecule has 2 aromatic heterocycles. The lowest BCUT2D eigenvalue weighted by Gasteiger charge is -2.25. The van der Waals surface area contributed by atoms with E-state index < -0.39 is 6.85 Å². The van der Waals surface area contributed by atoms with Crippen molar-refractivity contribution in [2.75, 3.05) is 0 Å². The number of fused-ring (bicyclic) bond motifs is 4. The standard InChI is InChI=1S/C46H35N3O/c1-29-20-22-30(23-21-29)31-24-25-47-40(28-31)32-26-37-34-14-7-9-17-39(34)46(2,3)43(37)38(27-32)35-16-11-18-41-44(35)48-45(36-15-8-10-19-42(36)50)49(41)33-12-5-4-6-13-33/h4-28,50H,1-3H3/i1D3. The van der Waals surface area contributed by atoms with Gasteiger partial charge in [0.2, 0.25) is 0 Å². The average molecular weight is 649 g/mol. The summed E-state index contributed by atoms with van der Waals surface area (Å²) in [6, 6.07) is 48.0. The van der Waals surface area contributed by atoms with Crippen LogP contribution in [0.2, 0.25) is 0 Å². The van der Waals surface area contributed by atoms with Crippen molar-refractivity contribution in [1.29, 1.82) is 0 Å². The number of aromatic hydroxyl groups is 1.